The van der Waals surface area contributed by atoms with E-state index in [2.05, 4.69) is 16.2 Å². The fourth-order valence-electron chi connectivity index (χ4n) is 0.207. The van der Waals surface area contributed by atoms with Gasteiger partial charge in [-0.05, 0) is 0 Å². The van der Waals surface area contributed by atoms with Gasteiger partial charge in [0.15, 0.2) is 0 Å². The first kappa shape index (κ1) is 7.74. The van der Waals surface area contributed by atoms with Gasteiger partial charge in [0.05, 0.1) is 0 Å². The Morgan fingerprint density at radius 1 is 1.22 bits per heavy atom. The van der Waals surface area contributed by atoms with Crippen LogP contribution in [0.1, 0.15) is 6.92 Å². The molecule has 3 amide bonds. The van der Waals surface area contributed by atoms with Crippen LogP contribution in [0.5, 0.6) is 0 Å². The minimum absolute atomic E-state index is 0.307. The molecule has 0 aromatic carbocycles. The molecule has 0 fully saturated rings. The SMILES string of the molecule is CNC(=O)NNC(C)=O. The zero-order chi connectivity index (χ0) is 7.28. The molecule has 0 bridgehead atoms. The highest BCUT2D eigenvalue weighted by Crippen LogP contribution is 1.56. The summed E-state index contributed by atoms with van der Waals surface area (Å²) >= 11 is 0. The molecule has 0 unspecified atom stereocenters. The molecule has 0 saturated heterocycles. The van der Waals surface area contributed by atoms with Crippen molar-refractivity contribution < 1.29 is 9.59 Å². The Balaban J connectivity index is 3.28. The molecule has 0 aromatic heterocycles. The lowest BCUT2D eigenvalue weighted by Gasteiger charge is -2.01. The van der Waals surface area contributed by atoms with Gasteiger partial charge in [-0.15, -0.1) is 0 Å². The Bertz CT molecular complexity index is 123. The second-order valence-electron chi connectivity index (χ2n) is 1.39. The molecular formula is C4H9N3O2. The zero-order valence-corrected chi connectivity index (χ0v) is 5.32. The number of rotatable bonds is 0. The lowest BCUT2D eigenvalue weighted by Crippen LogP contribution is -2.44. The number of carbonyl (C=O) groups is 2. The number of nitrogens with one attached hydrogen (secondary N) is 3. The molecule has 0 atom stereocenters. The van der Waals surface area contributed by atoms with E-state index in [0.717, 1.165) is 0 Å². The van der Waals surface area contributed by atoms with Gasteiger partial charge in [0.1, 0.15) is 0 Å². The van der Waals surface area contributed by atoms with Gasteiger partial charge >= 0.3 is 6.03 Å². The van der Waals surface area contributed by atoms with E-state index >= 15 is 0 Å². The maximum atomic E-state index is 10.3. The van der Waals surface area contributed by atoms with Gasteiger partial charge in [0, 0.05) is 14.0 Å². The summed E-state index contributed by atoms with van der Waals surface area (Å²) in [4.78, 5) is 20.4. The Labute approximate surface area is 52.8 Å². The smallest absolute Gasteiger partial charge is 0.333 e. The lowest BCUT2D eigenvalue weighted by atomic mass is 10.8. The van der Waals surface area contributed by atoms with Crippen molar-refractivity contribution in [3.05, 3.63) is 0 Å². The molecule has 9 heavy (non-hydrogen) atoms. The number of carbonyl (C=O) groups excluding carboxylic acids is 2. The highest BCUT2D eigenvalue weighted by atomic mass is 16.2. The number of hydrogen-bond donors (Lipinski definition) is 3. The third kappa shape index (κ3) is 4.60. The van der Waals surface area contributed by atoms with Crippen LogP contribution in [-0.4, -0.2) is 19.0 Å². The van der Waals surface area contributed by atoms with Crippen molar-refractivity contribution in [1.29, 1.82) is 0 Å². The minimum atomic E-state index is -0.440. The summed E-state index contributed by atoms with van der Waals surface area (Å²) < 4.78 is 0. The van der Waals surface area contributed by atoms with E-state index in [0.29, 0.717) is 0 Å². The van der Waals surface area contributed by atoms with E-state index in [1.165, 1.54) is 14.0 Å². The van der Waals surface area contributed by atoms with E-state index in [1.54, 1.807) is 0 Å². The molecule has 0 rings (SSSR count). The molecule has 0 saturated carbocycles. The van der Waals surface area contributed by atoms with E-state index in [-0.39, 0.29) is 5.91 Å². The number of hydrogen-bond acceptors (Lipinski definition) is 2. The van der Waals surface area contributed by atoms with Crippen molar-refractivity contribution in [2.45, 2.75) is 6.92 Å². The van der Waals surface area contributed by atoms with E-state index in [4.69, 9.17) is 0 Å². The molecule has 52 valence electrons. The summed E-state index contributed by atoms with van der Waals surface area (Å²) in [6.07, 6.45) is 0. The third-order valence-electron chi connectivity index (χ3n) is 0.579. The molecule has 0 spiro atoms. The number of hydrazine groups is 1. The minimum Gasteiger partial charge on any atom is -0.340 e. The summed E-state index contributed by atoms with van der Waals surface area (Å²) in [7, 11) is 1.46. The van der Waals surface area contributed by atoms with Crippen LogP contribution in [0.2, 0.25) is 0 Å². The number of urea groups is 1. The summed E-state index contributed by atoms with van der Waals surface area (Å²) in [5.74, 6) is -0.307. The first-order chi connectivity index (χ1) is 4.16. The first-order valence-corrected chi connectivity index (χ1v) is 2.41. The predicted octanol–water partition coefficient (Wildman–Crippen LogP) is -1.03. The average Bonchev–Trinajstić information content (AvgIpc) is 1.83. The Kier molecular flexibility index (Phi) is 3.19. The molecular weight excluding hydrogens is 122 g/mol. The third-order valence-corrected chi connectivity index (χ3v) is 0.579. The van der Waals surface area contributed by atoms with Crippen LogP contribution in [0.4, 0.5) is 4.79 Å². The Morgan fingerprint density at radius 2 is 1.78 bits per heavy atom. The summed E-state index contributed by atoms with van der Waals surface area (Å²) in [5, 5.41) is 2.26. The maximum Gasteiger partial charge on any atom is 0.333 e. The standard InChI is InChI=1S/C4H9N3O2/c1-3(8)6-7-4(9)5-2/h1-2H3,(H,6,8)(H2,5,7,9). The molecule has 5 nitrogen and oxygen atoms in total. The van der Waals surface area contributed by atoms with Crippen LogP contribution in [0.25, 0.3) is 0 Å². The summed E-state index contributed by atoms with van der Waals surface area (Å²) in [5.41, 5.74) is 4.18. The van der Waals surface area contributed by atoms with Crippen LogP contribution >= 0.6 is 0 Å². The average molecular weight is 131 g/mol. The molecule has 0 heterocycles. The van der Waals surface area contributed by atoms with Gasteiger partial charge < -0.3 is 5.32 Å². The zero-order valence-electron chi connectivity index (χ0n) is 5.32. The molecule has 0 aliphatic heterocycles. The second-order valence-corrected chi connectivity index (χ2v) is 1.39. The van der Waals surface area contributed by atoms with Gasteiger partial charge in [0.25, 0.3) is 0 Å². The molecule has 0 radical (unpaired) electrons. The topological polar surface area (TPSA) is 70.2 Å². The monoisotopic (exact) mass is 131 g/mol. The van der Waals surface area contributed by atoms with Crippen molar-refractivity contribution in [2.75, 3.05) is 7.05 Å². The summed E-state index contributed by atoms with van der Waals surface area (Å²) in [6, 6.07) is -0.440. The Hall–Kier alpha value is -1.26. The van der Waals surface area contributed by atoms with Crippen LogP contribution in [0, 0.1) is 0 Å². The molecule has 3 N–H and O–H groups in total. The maximum absolute atomic E-state index is 10.3. The highest BCUT2D eigenvalue weighted by Gasteiger charge is 1.93. The molecule has 0 aliphatic rings. The van der Waals surface area contributed by atoms with Crippen molar-refractivity contribution >= 4 is 11.9 Å². The predicted molar refractivity (Wildman–Crippen MR) is 31.4 cm³/mol. The number of amides is 3. The molecule has 0 aliphatic carbocycles. The highest BCUT2D eigenvalue weighted by molar-refractivity contribution is 5.79. The van der Waals surface area contributed by atoms with E-state index < -0.39 is 6.03 Å². The van der Waals surface area contributed by atoms with Crippen LogP contribution in [-0.2, 0) is 4.79 Å². The van der Waals surface area contributed by atoms with Gasteiger partial charge in [-0.1, -0.05) is 0 Å². The second kappa shape index (κ2) is 3.71. The van der Waals surface area contributed by atoms with Gasteiger partial charge in [-0.25, -0.2) is 10.2 Å². The van der Waals surface area contributed by atoms with Crippen molar-refractivity contribution in [2.24, 2.45) is 0 Å². The fourth-order valence-corrected chi connectivity index (χ4v) is 0.207. The van der Waals surface area contributed by atoms with E-state index in [9.17, 15) is 9.59 Å². The molecule has 0 aromatic rings. The first-order valence-electron chi connectivity index (χ1n) is 2.41. The Morgan fingerprint density at radius 3 is 2.11 bits per heavy atom. The van der Waals surface area contributed by atoms with Gasteiger partial charge in [-0.2, -0.15) is 0 Å². The normalized spacial score (nSPS) is 7.78. The molecule has 5 heteroatoms. The van der Waals surface area contributed by atoms with E-state index in [1.807, 2.05) is 0 Å². The van der Waals surface area contributed by atoms with Crippen LogP contribution < -0.4 is 16.2 Å². The van der Waals surface area contributed by atoms with Crippen molar-refractivity contribution in [1.82, 2.24) is 16.2 Å². The quantitative estimate of drug-likeness (QED) is 0.368. The van der Waals surface area contributed by atoms with Crippen LogP contribution in [0.3, 0.4) is 0 Å². The van der Waals surface area contributed by atoms with Crippen molar-refractivity contribution in [3.8, 4) is 0 Å². The van der Waals surface area contributed by atoms with Gasteiger partial charge in [0.2, 0.25) is 5.91 Å². The lowest BCUT2D eigenvalue weighted by molar-refractivity contribution is -0.119. The fraction of sp³-hybridized carbons (Fsp3) is 0.500. The van der Waals surface area contributed by atoms with Crippen molar-refractivity contribution in [3.63, 3.8) is 0 Å². The van der Waals surface area contributed by atoms with Crippen LogP contribution in [0.15, 0.2) is 0 Å². The van der Waals surface area contributed by atoms with Gasteiger partial charge in [-0.3, -0.25) is 10.2 Å². The largest absolute Gasteiger partial charge is 0.340 e. The summed E-state index contributed by atoms with van der Waals surface area (Å²) in [6.45, 7) is 1.30.